The number of aryl methyl sites for hydroxylation is 1. The molecule has 94 heavy (non-hydrogen) atoms. The molecule has 536 valence electrons. The molecule has 2 heterocycles. The van der Waals surface area contributed by atoms with Crippen LogP contribution in [0.25, 0.3) is 12.7 Å². The van der Waals surface area contributed by atoms with Gasteiger partial charge in [-0.3, -0.25) is 38.5 Å². The number of likely N-dealkylation sites (N-methyl/N-ethyl adjacent to an activating group) is 2. The summed E-state index contributed by atoms with van der Waals surface area (Å²) in [6.07, 6.45) is 13.6. The highest BCUT2D eigenvalue weighted by Crippen LogP contribution is 2.26. The first-order valence-corrected chi connectivity index (χ1v) is 33.4. The molecule has 22 heteroatoms. The Morgan fingerprint density at radius 1 is 0.840 bits per heavy atom. The summed E-state index contributed by atoms with van der Waals surface area (Å²) >= 11 is 0. The number of unbranched alkanes of at least 4 members (excludes halogenated alkanes) is 2. The van der Waals surface area contributed by atoms with Crippen molar-refractivity contribution in [3.8, 4) is 0 Å². The van der Waals surface area contributed by atoms with E-state index in [2.05, 4.69) is 85.9 Å². The van der Waals surface area contributed by atoms with Crippen LogP contribution in [0.5, 0.6) is 0 Å². The highest BCUT2D eigenvalue weighted by molar-refractivity contribution is 5.96. The standard InChI is InChI=1S/C35H52N6O6.C19H30N2O4.C12H25NO2.C3H8.C2H6.CH5N/c1-9-28-17-14-25(7)41(28)18-12-10-11-13-29(42)39-31(22(2)3)34(45)37-20-30(43)38-27-16-15-26(24(6)19-27)21-47-35(46)40(8)32(23(4)5)33(36)44;1-6-9-15(7-2)17(23)14(4)20-19(24)13(3)18(25-5)16-10-8-11-21(16)12-22;1-7-9(3)12(11(8-2)15-6)13(5)10(4)14;1-3-2;2*1-2/h9,14-17,19,22-23,31-32H,7,10-13,18,20-21H2,1-6,8H3,(H2,36,44)(H,37,45)(H,38,43)(H,39,42);6-7,9,12-14,16-18,23H,1-2,8,10-11H2,3-5H3,(H,20,24);9,11-12H,7-8H2,1-6H3;3H2,1-2H3;1-2H3;2H2,1H3/b28-9-;15-9+;;;;. The second-order valence-corrected chi connectivity index (χ2v) is 23.7. The van der Waals surface area contributed by atoms with E-state index in [0.717, 1.165) is 67.7 Å². The van der Waals surface area contributed by atoms with Crippen molar-refractivity contribution in [3.05, 3.63) is 89.1 Å². The quantitative estimate of drug-likeness (QED) is 0.0201. The zero-order valence-corrected chi connectivity index (χ0v) is 61.4. The lowest BCUT2D eigenvalue weighted by Crippen LogP contribution is -2.51. The van der Waals surface area contributed by atoms with E-state index in [1.54, 1.807) is 84.1 Å². The number of nitrogens with one attached hydrogen (secondary N) is 4. The number of primary amides is 1. The van der Waals surface area contributed by atoms with Crippen molar-refractivity contribution < 1.29 is 57.7 Å². The molecule has 0 radical (unpaired) electrons. The Morgan fingerprint density at radius 3 is 1.94 bits per heavy atom. The minimum atomic E-state index is -0.884. The number of hydrogen-bond donors (Lipinski definition) is 7. The van der Waals surface area contributed by atoms with Crippen LogP contribution < -0.4 is 43.4 Å². The minimum Gasteiger partial charge on any atom is -0.445 e. The van der Waals surface area contributed by atoms with Crippen molar-refractivity contribution in [2.24, 2.45) is 35.1 Å². The van der Waals surface area contributed by atoms with Gasteiger partial charge in [0.25, 0.3) is 0 Å². The van der Waals surface area contributed by atoms with Gasteiger partial charge in [0.1, 0.15) is 18.7 Å². The Labute approximate surface area is 565 Å². The van der Waals surface area contributed by atoms with Gasteiger partial charge in [0.05, 0.1) is 48.9 Å². The fourth-order valence-corrected chi connectivity index (χ4v) is 10.6. The van der Waals surface area contributed by atoms with Crippen LogP contribution in [0.1, 0.15) is 173 Å². The van der Waals surface area contributed by atoms with E-state index >= 15 is 0 Å². The minimum absolute atomic E-state index is 0.0327. The molecular formula is C72H126N10O12. The molecular weight excluding hydrogens is 1200 g/mol. The van der Waals surface area contributed by atoms with Gasteiger partial charge in [-0.15, -0.1) is 0 Å². The zero-order chi connectivity index (χ0) is 73.0. The number of aliphatic hydroxyl groups excluding tert-OH is 1. The smallest absolute Gasteiger partial charge is 0.410 e. The molecule has 0 bridgehead atoms. The second kappa shape index (κ2) is 51.2. The molecule has 10 unspecified atom stereocenters. The van der Waals surface area contributed by atoms with Crippen molar-refractivity contribution in [3.63, 3.8) is 0 Å². The molecule has 0 saturated carbocycles. The Hall–Kier alpha value is -7.14. The molecule has 1 aliphatic rings. The Kier molecular flexibility index (Phi) is 49.6. The van der Waals surface area contributed by atoms with Gasteiger partial charge < -0.3 is 66.4 Å². The number of aromatic nitrogens is 1. The zero-order valence-electron chi connectivity index (χ0n) is 61.4. The summed E-state index contributed by atoms with van der Waals surface area (Å²) < 4.78 is 18.5. The summed E-state index contributed by atoms with van der Waals surface area (Å²) in [5.41, 5.74) is 12.5. The van der Waals surface area contributed by atoms with Crippen molar-refractivity contribution in [1.82, 2.24) is 35.2 Å². The number of rotatable bonds is 33. The van der Waals surface area contributed by atoms with Gasteiger partial charge in [-0.25, -0.2) is 4.79 Å². The summed E-state index contributed by atoms with van der Waals surface area (Å²) in [7, 11) is 8.10. The van der Waals surface area contributed by atoms with Gasteiger partial charge in [0.15, 0.2) is 0 Å². The van der Waals surface area contributed by atoms with Gasteiger partial charge in [-0.2, -0.15) is 0 Å². The number of anilines is 1. The number of methoxy groups -OCH3 is 2. The number of ether oxygens (including phenoxy) is 3. The summed E-state index contributed by atoms with van der Waals surface area (Å²) in [5.74, 6) is -2.14. The number of likely N-dealkylation sites (tertiary alicyclic amines) is 1. The lowest BCUT2D eigenvalue weighted by molar-refractivity contribution is -0.134. The van der Waals surface area contributed by atoms with E-state index in [0.29, 0.717) is 42.1 Å². The van der Waals surface area contributed by atoms with Crippen molar-refractivity contribution in [2.45, 2.75) is 230 Å². The van der Waals surface area contributed by atoms with Crippen molar-refractivity contribution in [2.75, 3.05) is 53.8 Å². The first-order valence-electron chi connectivity index (χ1n) is 33.4. The first-order chi connectivity index (χ1) is 44.5. The van der Waals surface area contributed by atoms with Crippen LogP contribution in [0.2, 0.25) is 0 Å². The van der Waals surface area contributed by atoms with E-state index < -0.39 is 54.0 Å². The monoisotopic (exact) mass is 1320 g/mol. The summed E-state index contributed by atoms with van der Waals surface area (Å²) in [5, 5.41) is 23.4. The number of carbonyl (C=O) groups is 8. The molecule has 9 N–H and O–H groups in total. The molecule has 1 aromatic heterocycles. The molecule has 1 aliphatic heterocycles. The fourth-order valence-electron chi connectivity index (χ4n) is 10.6. The normalized spacial score (nSPS) is 15.5. The highest BCUT2D eigenvalue weighted by atomic mass is 16.6. The van der Waals surface area contributed by atoms with Crippen LogP contribution in [-0.4, -0.2) is 169 Å². The predicted octanol–water partition coefficient (Wildman–Crippen LogP) is 8.29. The number of benzene rings is 1. The van der Waals surface area contributed by atoms with Crippen molar-refractivity contribution >= 4 is 66.3 Å². The lowest BCUT2D eigenvalue weighted by atomic mass is 9.91. The maximum atomic E-state index is 12.9. The Bertz CT molecular complexity index is 2710. The number of hydrogen-bond acceptors (Lipinski definition) is 13. The van der Waals surface area contributed by atoms with Crippen molar-refractivity contribution in [1.29, 1.82) is 0 Å². The number of nitrogens with zero attached hydrogens (tertiary/aromatic N) is 4. The second-order valence-electron chi connectivity index (χ2n) is 23.7. The molecule has 1 saturated heterocycles. The van der Waals surface area contributed by atoms with Crippen LogP contribution in [0.15, 0.2) is 67.3 Å². The van der Waals surface area contributed by atoms with E-state index in [9.17, 15) is 43.5 Å². The largest absolute Gasteiger partial charge is 0.445 e. The van der Waals surface area contributed by atoms with Crippen LogP contribution in [0.3, 0.4) is 0 Å². The fraction of sp³-hybridized carbons (Fsp3) is 0.639. The number of carbonyl (C=O) groups excluding carboxylic acids is 8. The SMILES string of the molecule is C=C/C=C(\C=C)C(O)C(C)NC(=O)C(C)C(OC)C1CCCN1C=O.C=c1cc/c(=C/C)n1CCCCCC(=O)NC(C(=O)NCC(=O)Nc1ccc(COC(=O)N(C)C(C(N)=O)C(C)C)c(C)c1)C(C)C.CC.CCC.CCC(C)C(C(CC)OC)N(C)C(C)=O.CN. The molecule has 1 fully saturated rings. The molecule has 1 aromatic carbocycles. The van der Waals surface area contributed by atoms with Gasteiger partial charge >= 0.3 is 6.09 Å². The average molecular weight is 1320 g/mol. The van der Waals surface area contributed by atoms with E-state index in [4.69, 9.17) is 19.9 Å². The summed E-state index contributed by atoms with van der Waals surface area (Å²) in [4.78, 5) is 102. The number of amides is 8. The van der Waals surface area contributed by atoms with Crippen LogP contribution in [0, 0.1) is 30.6 Å². The van der Waals surface area contributed by atoms with E-state index in [1.165, 1.54) is 31.5 Å². The number of aliphatic hydroxyl groups is 1. The molecule has 0 aliphatic carbocycles. The maximum absolute atomic E-state index is 12.9. The maximum Gasteiger partial charge on any atom is 0.410 e. The third kappa shape index (κ3) is 32.3. The predicted molar refractivity (Wildman–Crippen MR) is 381 cm³/mol. The molecule has 3 rings (SSSR count). The topological polar surface area (TPSA) is 299 Å². The Morgan fingerprint density at radius 2 is 1.46 bits per heavy atom. The van der Waals surface area contributed by atoms with Gasteiger partial charge in [-0.1, -0.05) is 152 Å². The van der Waals surface area contributed by atoms with E-state index in [1.807, 2.05) is 71.7 Å². The third-order valence-corrected chi connectivity index (χ3v) is 16.0. The highest BCUT2D eigenvalue weighted by Gasteiger charge is 2.38. The third-order valence-electron chi connectivity index (χ3n) is 16.0. The molecule has 2 aromatic rings. The van der Waals surface area contributed by atoms with Crippen LogP contribution in [0.4, 0.5) is 10.5 Å². The van der Waals surface area contributed by atoms with Gasteiger partial charge in [0, 0.05) is 71.1 Å². The average Bonchev–Trinajstić information content (AvgIpc) is 1.59. The van der Waals surface area contributed by atoms with Gasteiger partial charge in [-0.05, 0) is 119 Å². The van der Waals surface area contributed by atoms with Crippen LogP contribution >= 0.6 is 0 Å². The number of nitrogens with two attached hydrogens (primary N) is 2. The number of allylic oxidation sites excluding steroid dienone is 2. The van der Waals surface area contributed by atoms with Crippen LogP contribution in [-0.2, 0) is 60.9 Å². The Balaban J connectivity index is -0.00000146. The summed E-state index contributed by atoms with van der Waals surface area (Å²) in [6, 6.07) is 7.15. The summed E-state index contributed by atoms with van der Waals surface area (Å²) in [6.45, 7) is 43.4. The molecule has 0 spiro atoms. The first kappa shape index (κ1) is 91.1. The van der Waals surface area contributed by atoms with Gasteiger partial charge in [0.2, 0.25) is 41.9 Å². The molecule has 10 atom stereocenters. The molecule has 8 amide bonds. The van der Waals surface area contributed by atoms with E-state index in [-0.39, 0.29) is 67.0 Å². The molecule has 22 nitrogen and oxygen atoms in total. The lowest BCUT2D eigenvalue weighted by Gasteiger charge is -2.36.